The fourth-order valence-corrected chi connectivity index (χ4v) is 4.77. The normalized spacial score (nSPS) is 16.0. The zero-order valence-electron chi connectivity index (χ0n) is 13.6. The molecule has 0 bridgehead atoms. The molecule has 2 aromatic rings. The summed E-state index contributed by atoms with van der Waals surface area (Å²) in [6.07, 6.45) is 0.331. The number of halogens is 1. The van der Waals surface area contributed by atoms with Crippen LogP contribution in [0.2, 0.25) is 5.02 Å². The van der Waals surface area contributed by atoms with E-state index in [1.165, 1.54) is 10.4 Å². The lowest BCUT2D eigenvalue weighted by Crippen LogP contribution is -2.50. The minimum atomic E-state index is -3.64. The first-order chi connectivity index (χ1) is 12.0. The highest BCUT2D eigenvalue weighted by molar-refractivity contribution is 7.89. The summed E-state index contributed by atoms with van der Waals surface area (Å²) >= 11 is 6.03. The van der Waals surface area contributed by atoms with Crippen molar-refractivity contribution in [2.24, 2.45) is 0 Å². The van der Waals surface area contributed by atoms with Crippen LogP contribution in [0.4, 0.5) is 0 Å². The Labute approximate surface area is 152 Å². The van der Waals surface area contributed by atoms with Crippen molar-refractivity contribution in [3.05, 3.63) is 65.2 Å². The van der Waals surface area contributed by atoms with Crippen LogP contribution in [0.5, 0.6) is 0 Å². The Bertz CT molecular complexity index is 848. The van der Waals surface area contributed by atoms with Crippen LogP contribution in [0.3, 0.4) is 0 Å². The molecular formula is C18H19ClN2O3S. The minimum Gasteiger partial charge on any atom is -0.340 e. The van der Waals surface area contributed by atoms with Crippen molar-refractivity contribution >= 4 is 27.5 Å². The van der Waals surface area contributed by atoms with Gasteiger partial charge in [-0.3, -0.25) is 4.79 Å². The van der Waals surface area contributed by atoms with Gasteiger partial charge in [0.15, 0.2) is 0 Å². The molecule has 2 aromatic carbocycles. The lowest BCUT2D eigenvalue weighted by molar-refractivity contribution is -0.131. The minimum absolute atomic E-state index is 0.0148. The second kappa shape index (κ2) is 7.56. The third kappa shape index (κ3) is 4.03. The number of sulfonamides is 1. The van der Waals surface area contributed by atoms with Crippen molar-refractivity contribution in [2.45, 2.75) is 11.3 Å². The van der Waals surface area contributed by atoms with Gasteiger partial charge in [0.2, 0.25) is 15.9 Å². The summed E-state index contributed by atoms with van der Waals surface area (Å²) in [6.45, 7) is 1.31. The van der Waals surface area contributed by atoms with Gasteiger partial charge in [0.25, 0.3) is 0 Å². The maximum absolute atomic E-state index is 12.7. The molecule has 1 aliphatic heterocycles. The molecule has 0 radical (unpaired) electrons. The number of benzene rings is 2. The second-order valence-corrected chi connectivity index (χ2v) is 8.19. The molecule has 0 aliphatic carbocycles. The van der Waals surface area contributed by atoms with Gasteiger partial charge in [-0.25, -0.2) is 8.42 Å². The summed E-state index contributed by atoms with van der Waals surface area (Å²) in [5, 5.41) is 0.213. The molecule has 25 heavy (non-hydrogen) atoms. The van der Waals surface area contributed by atoms with Crippen molar-refractivity contribution in [1.29, 1.82) is 0 Å². The monoisotopic (exact) mass is 378 g/mol. The second-order valence-electron chi connectivity index (χ2n) is 5.88. The number of rotatable bonds is 4. The van der Waals surface area contributed by atoms with Gasteiger partial charge >= 0.3 is 0 Å². The lowest BCUT2D eigenvalue weighted by atomic mass is 10.1. The van der Waals surface area contributed by atoms with Crippen LogP contribution in [-0.2, 0) is 21.2 Å². The fourth-order valence-electron chi connectivity index (χ4n) is 2.85. The van der Waals surface area contributed by atoms with Crippen LogP contribution in [0, 0.1) is 0 Å². The molecule has 5 nitrogen and oxygen atoms in total. The van der Waals surface area contributed by atoms with E-state index in [1.54, 1.807) is 23.1 Å². The Balaban J connectivity index is 1.64. The van der Waals surface area contributed by atoms with Gasteiger partial charge in [-0.15, -0.1) is 0 Å². The SMILES string of the molecule is O=C(Cc1ccccc1)N1CCN(S(=O)(=O)c2ccccc2Cl)CC1. The zero-order valence-corrected chi connectivity index (χ0v) is 15.2. The van der Waals surface area contributed by atoms with Crippen LogP contribution in [0.25, 0.3) is 0 Å². The van der Waals surface area contributed by atoms with E-state index in [2.05, 4.69) is 0 Å². The van der Waals surface area contributed by atoms with Crippen molar-refractivity contribution in [3.8, 4) is 0 Å². The lowest BCUT2D eigenvalue weighted by Gasteiger charge is -2.34. The molecule has 3 rings (SSSR count). The summed E-state index contributed by atoms with van der Waals surface area (Å²) in [7, 11) is -3.64. The Kier molecular flexibility index (Phi) is 5.42. The number of carbonyl (C=O) groups excluding carboxylic acids is 1. The van der Waals surface area contributed by atoms with E-state index in [9.17, 15) is 13.2 Å². The van der Waals surface area contributed by atoms with E-state index in [4.69, 9.17) is 11.6 Å². The van der Waals surface area contributed by atoms with Crippen LogP contribution < -0.4 is 0 Å². The number of hydrogen-bond donors (Lipinski definition) is 0. The van der Waals surface area contributed by atoms with E-state index in [0.29, 0.717) is 19.5 Å². The largest absolute Gasteiger partial charge is 0.340 e. The van der Waals surface area contributed by atoms with Gasteiger partial charge in [0, 0.05) is 26.2 Å². The third-order valence-corrected chi connectivity index (χ3v) is 6.64. The quantitative estimate of drug-likeness (QED) is 0.821. The van der Waals surface area contributed by atoms with Gasteiger partial charge in [0.05, 0.1) is 11.4 Å². The summed E-state index contributed by atoms with van der Waals surface area (Å²) in [4.78, 5) is 14.2. The van der Waals surface area contributed by atoms with Gasteiger partial charge in [-0.05, 0) is 17.7 Å². The Morgan fingerprint density at radius 1 is 0.920 bits per heavy atom. The molecule has 1 aliphatic rings. The van der Waals surface area contributed by atoms with E-state index >= 15 is 0 Å². The van der Waals surface area contributed by atoms with Gasteiger partial charge in [-0.2, -0.15) is 4.31 Å². The molecule has 1 amide bonds. The van der Waals surface area contributed by atoms with Gasteiger partial charge in [0.1, 0.15) is 4.90 Å². The third-order valence-electron chi connectivity index (χ3n) is 4.24. The van der Waals surface area contributed by atoms with Crippen LogP contribution in [0.1, 0.15) is 5.56 Å². The molecule has 132 valence electrons. The highest BCUT2D eigenvalue weighted by Gasteiger charge is 2.31. The summed E-state index contributed by atoms with van der Waals surface area (Å²) in [6, 6.07) is 15.9. The first kappa shape index (κ1) is 17.9. The number of carbonyl (C=O) groups is 1. The Morgan fingerprint density at radius 3 is 2.16 bits per heavy atom. The highest BCUT2D eigenvalue weighted by atomic mass is 35.5. The van der Waals surface area contributed by atoms with Crippen LogP contribution in [0.15, 0.2) is 59.5 Å². The van der Waals surface area contributed by atoms with E-state index in [1.807, 2.05) is 30.3 Å². The zero-order chi connectivity index (χ0) is 17.9. The van der Waals surface area contributed by atoms with Crippen molar-refractivity contribution in [3.63, 3.8) is 0 Å². The molecule has 0 atom stereocenters. The van der Waals surface area contributed by atoms with Crippen molar-refractivity contribution < 1.29 is 13.2 Å². The maximum atomic E-state index is 12.7. The van der Waals surface area contributed by atoms with Crippen LogP contribution >= 0.6 is 11.6 Å². The topological polar surface area (TPSA) is 57.7 Å². The Hall–Kier alpha value is -1.89. The first-order valence-electron chi connectivity index (χ1n) is 8.05. The summed E-state index contributed by atoms with van der Waals surface area (Å²) in [5.41, 5.74) is 0.957. The molecule has 7 heteroatoms. The highest BCUT2D eigenvalue weighted by Crippen LogP contribution is 2.25. The molecule has 0 unspecified atom stereocenters. The average Bonchev–Trinajstić information content (AvgIpc) is 2.63. The van der Waals surface area contributed by atoms with E-state index < -0.39 is 10.0 Å². The molecule has 0 aromatic heterocycles. The summed E-state index contributed by atoms with van der Waals surface area (Å²) in [5.74, 6) is 0.0148. The molecule has 0 spiro atoms. The maximum Gasteiger partial charge on any atom is 0.244 e. The summed E-state index contributed by atoms with van der Waals surface area (Å²) < 4.78 is 26.8. The standard InChI is InChI=1S/C18H19ClN2O3S/c19-16-8-4-5-9-17(16)25(23,24)21-12-10-20(11-13-21)18(22)14-15-6-2-1-3-7-15/h1-9H,10-14H2. The van der Waals surface area contributed by atoms with Crippen LogP contribution in [-0.4, -0.2) is 49.7 Å². The molecule has 1 saturated heterocycles. The number of amides is 1. The molecular weight excluding hydrogens is 360 g/mol. The van der Waals surface area contributed by atoms with Gasteiger partial charge < -0.3 is 4.90 Å². The number of nitrogens with zero attached hydrogens (tertiary/aromatic N) is 2. The molecule has 0 N–H and O–H groups in total. The van der Waals surface area contributed by atoms with Crippen molar-refractivity contribution in [2.75, 3.05) is 26.2 Å². The van der Waals surface area contributed by atoms with E-state index in [0.717, 1.165) is 5.56 Å². The predicted molar refractivity (Wildman–Crippen MR) is 96.9 cm³/mol. The van der Waals surface area contributed by atoms with Crippen molar-refractivity contribution in [1.82, 2.24) is 9.21 Å². The molecule has 1 fully saturated rings. The smallest absolute Gasteiger partial charge is 0.244 e. The Morgan fingerprint density at radius 2 is 1.52 bits per heavy atom. The number of piperazine rings is 1. The molecule has 0 saturated carbocycles. The molecule has 1 heterocycles. The number of hydrogen-bond acceptors (Lipinski definition) is 3. The van der Waals surface area contributed by atoms with E-state index in [-0.39, 0.29) is 28.9 Å². The first-order valence-corrected chi connectivity index (χ1v) is 9.86. The fraction of sp³-hybridized carbons (Fsp3) is 0.278. The van der Waals surface area contributed by atoms with Gasteiger partial charge in [-0.1, -0.05) is 54.1 Å². The predicted octanol–water partition coefficient (Wildman–Crippen LogP) is 2.42. The average molecular weight is 379 g/mol.